The number of para-hydroxylation sites is 1. The number of ether oxygens (including phenoxy) is 1. The molecule has 0 unspecified atom stereocenters. The van der Waals surface area contributed by atoms with Crippen LogP contribution in [0, 0.1) is 0 Å². The minimum Gasteiger partial charge on any atom is -0.358 e. The van der Waals surface area contributed by atoms with E-state index in [9.17, 15) is 4.79 Å². The van der Waals surface area contributed by atoms with Crippen molar-refractivity contribution in [2.75, 3.05) is 31.6 Å². The highest BCUT2D eigenvalue weighted by atomic mass is 32.1. The largest absolute Gasteiger partial charge is 0.358 e. The van der Waals surface area contributed by atoms with E-state index in [0.29, 0.717) is 18.8 Å². The predicted octanol–water partition coefficient (Wildman–Crippen LogP) is 4.17. The normalized spacial score (nSPS) is 21.5. The van der Waals surface area contributed by atoms with Gasteiger partial charge in [0.1, 0.15) is 5.72 Å². The summed E-state index contributed by atoms with van der Waals surface area (Å²) in [6, 6.07) is 12.7. The average molecular weight is 379 g/mol. The maximum absolute atomic E-state index is 13.2. The van der Waals surface area contributed by atoms with Crippen molar-refractivity contribution in [3.63, 3.8) is 0 Å². The highest BCUT2D eigenvalue weighted by Gasteiger charge is 2.42. The van der Waals surface area contributed by atoms with Crippen LogP contribution in [0.4, 0.5) is 5.69 Å². The summed E-state index contributed by atoms with van der Waals surface area (Å²) in [5.41, 5.74) is -1.02. The molecule has 1 saturated heterocycles. The third-order valence-electron chi connectivity index (χ3n) is 4.90. The van der Waals surface area contributed by atoms with E-state index >= 15 is 0 Å². The Hall–Kier alpha value is -1.69. The number of benzene rings is 1. The Labute approximate surface area is 168 Å². The molecular formula is C21H28N2O2S. The fourth-order valence-corrected chi connectivity index (χ4v) is 4.18. The zero-order valence-electron chi connectivity index (χ0n) is 20.7. The molecule has 2 aromatic rings. The Balaban J connectivity index is 1.86. The number of methoxy groups -OCH3 is 1. The molecule has 140 valence electrons. The third kappa shape index (κ3) is 4.17. The SMILES string of the molecule is [2H]C([2H])([2H])CC(=O)N(c1ccccc1)C1(OC([2H])([2H])[2H])CCN(CCc2cccs2)CC1. The van der Waals surface area contributed by atoms with Crippen LogP contribution >= 0.6 is 11.3 Å². The van der Waals surface area contributed by atoms with E-state index in [0.717, 1.165) is 13.0 Å². The Bertz CT molecular complexity index is 863. The molecule has 1 aliphatic rings. The van der Waals surface area contributed by atoms with Crippen LogP contribution in [0.2, 0.25) is 0 Å². The highest BCUT2D eigenvalue weighted by Crippen LogP contribution is 2.34. The van der Waals surface area contributed by atoms with Crippen LogP contribution in [-0.4, -0.2) is 43.2 Å². The zero-order valence-corrected chi connectivity index (χ0v) is 15.5. The summed E-state index contributed by atoms with van der Waals surface area (Å²) in [5, 5.41) is 2.04. The lowest BCUT2D eigenvalue weighted by Gasteiger charge is -2.47. The third-order valence-corrected chi connectivity index (χ3v) is 5.84. The number of hydrogen-bond donors (Lipinski definition) is 0. The topological polar surface area (TPSA) is 32.8 Å². The second-order valence-electron chi connectivity index (χ2n) is 6.46. The second kappa shape index (κ2) is 8.80. The number of piperidine rings is 1. The summed E-state index contributed by atoms with van der Waals surface area (Å²) in [5.74, 6) is -0.674. The standard InChI is InChI=1S/C21H28N2O2S/c1-3-20(24)23(18-8-5-4-6-9-18)21(25-2)12-15-22(16-13-21)14-11-19-10-7-17-26-19/h4-10,17H,3,11-16H2,1-2H3/i1D3,2D3. The van der Waals surface area contributed by atoms with Gasteiger partial charge >= 0.3 is 0 Å². The molecule has 1 aromatic heterocycles. The average Bonchev–Trinajstić information content (AvgIpc) is 3.19. The summed E-state index contributed by atoms with van der Waals surface area (Å²) in [6.07, 6.45) is 0.718. The van der Waals surface area contributed by atoms with E-state index in [-0.39, 0.29) is 12.8 Å². The van der Waals surface area contributed by atoms with Crippen molar-refractivity contribution in [1.82, 2.24) is 4.90 Å². The Morgan fingerprint density at radius 3 is 2.73 bits per heavy atom. The van der Waals surface area contributed by atoms with Gasteiger partial charge in [-0.15, -0.1) is 11.3 Å². The van der Waals surface area contributed by atoms with Crippen molar-refractivity contribution in [2.24, 2.45) is 0 Å². The number of hydrogen-bond acceptors (Lipinski definition) is 4. The van der Waals surface area contributed by atoms with Crippen LogP contribution < -0.4 is 4.90 Å². The maximum atomic E-state index is 13.2. The Kier molecular flexibility index (Phi) is 4.28. The van der Waals surface area contributed by atoms with Gasteiger partial charge in [-0.3, -0.25) is 9.69 Å². The fourth-order valence-electron chi connectivity index (χ4n) is 3.48. The van der Waals surface area contributed by atoms with Gasteiger partial charge in [0.05, 0.1) is 4.11 Å². The molecule has 0 N–H and O–H groups in total. The molecular weight excluding hydrogens is 344 g/mol. The molecule has 2 heterocycles. The number of likely N-dealkylation sites (tertiary alicyclic amines) is 1. The highest BCUT2D eigenvalue weighted by molar-refractivity contribution is 7.09. The summed E-state index contributed by atoms with van der Waals surface area (Å²) in [6.45, 7) is -0.594. The summed E-state index contributed by atoms with van der Waals surface area (Å²) in [4.78, 5) is 18.0. The van der Waals surface area contributed by atoms with Crippen LogP contribution in [0.5, 0.6) is 0 Å². The molecule has 4 nitrogen and oxygen atoms in total. The molecule has 0 spiro atoms. The van der Waals surface area contributed by atoms with Crippen molar-refractivity contribution in [3.05, 3.63) is 52.7 Å². The lowest BCUT2D eigenvalue weighted by atomic mass is 9.96. The van der Waals surface area contributed by atoms with E-state index in [2.05, 4.69) is 11.0 Å². The van der Waals surface area contributed by atoms with Crippen LogP contribution in [0.1, 0.15) is 39.2 Å². The number of amides is 1. The van der Waals surface area contributed by atoms with Crippen molar-refractivity contribution < 1.29 is 17.8 Å². The lowest BCUT2D eigenvalue weighted by molar-refractivity contribution is -0.128. The van der Waals surface area contributed by atoms with Crippen molar-refractivity contribution in [1.29, 1.82) is 0 Å². The van der Waals surface area contributed by atoms with E-state index < -0.39 is 31.9 Å². The minimum atomic E-state index is -2.74. The van der Waals surface area contributed by atoms with Crippen molar-refractivity contribution in [3.8, 4) is 0 Å². The van der Waals surface area contributed by atoms with Crippen LogP contribution in [0.25, 0.3) is 0 Å². The lowest BCUT2D eigenvalue weighted by Crippen LogP contribution is -2.59. The molecule has 5 heteroatoms. The van der Waals surface area contributed by atoms with E-state index in [1.54, 1.807) is 41.7 Å². The van der Waals surface area contributed by atoms with Crippen LogP contribution in [-0.2, 0) is 16.0 Å². The summed E-state index contributed by atoms with van der Waals surface area (Å²) in [7, 11) is -2.74. The first-order valence-electron chi connectivity index (χ1n) is 11.8. The quantitative estimate of drug-likeness (QED) is 0.678. The van der Waals surface area contributed by atoms with Gasteiger partial charge in [-0.1, -0.05) is 31.1 Å². The first-order valence-corrected chi connectivity index (χ1v) is 9.69. The molecule has 26 heavy (non-hydrogen) atoms. The smallest absolute Gasteiger partial charge is 0.229 e. The van der Waals surface area contributed by atoms with Gasteiger partial charge in [0.25, 0.3) is 0 Å². The van der Waals surface area contributed by atoms with Crippen molar-refractivity contribution >= 4 is 22.9 Å². The number of thiophene rings is 1. The van der Waals surface area contributed by atoms with Gasteiger partial charge in [0.15, 0.2) is 0 Å². The fraction of sp³-hybridized carbons (Fsp3) is 0.476. The monoisotopic (exact) mass is 378 g/mol. The number of carbonyl (C=O) groups excluding carboxylic acids is 1. The van der Waals surface area contributed by atoms with Gasteiger partial charge in [-0.2, -0.15) is 0 Å². The molecule has 1 fully saturated rings. The van der Waals surface area contributed by atoms with Crippen molar-refractivity contribution in [2.45, 2.75) is 38.3 Å². The van der Waals surface area contributed by atoms with Crippen LogP contribution in [0.3, 0.4) is 0 Å². The van der Waals surface area contributed by atoms with Gasteiger partial charge < -0.3 is 9.64 Å². The Morgan fingerprint density at radius 1 is 1.27 bits per heavy atom. The number of nitrogens with zero attached hydrogens (tertiary/aromatic N) is 2. The van der Waals surface area contributed by atoms with E-state index in [4.69, 9.17) is 13.0 Å². The molecule has 0 bridgehead atoms. The molecule has 1 amide bonds. The number of carbonyl (C=O) groups is 1. The molecule has 0 saturated carbocycles. The van der Waals surface area contributed by atoms with E-state index in [1.807, 2.05) is 11.4 Å². The Morgan fingerprint density at radius 2 is 2.08 bits per heavy atom. The molecule has 0 atom stereocenters. The number of anilines is 1. The predicted molar refractivity (Wildman–Crippen MR) is 108 cm³/mol. The van der Waals surface area contributed by atoms with Gasteiger partial charge in [-0.25, -0.2) is 0 Å². The zero-order chi connectivity index (χ0) is 23.4. The molecule has 0 radical (unpaired) electrons. The molecule has 1 aromatic carbocycles. The first-order chi connectivity index (χ1) is 15.0. The summed E-state index contributed by atoms with van der Waals surface area (Å²) >= 11 is 1.70. The molecule has 3 rings (SSSR count). The molecule has 1 aliphatic heterocycles. The van der Waals surface area contributed by atoms with Crippen LogP contribution in [0.15, 0.2) is 47.8 Å². The first kappa shape index (κ1) is 12.7. The van der Waals surface area contributed by atoms with Gasteiger partial charge in [0.2, 0.25) is 5.91 Å². The maximum Gasteiger partial charge on any atom is 0.229 e. The second-order valence-corrected chi connectivity index (χ2v) is 7.49. The number of rotatable bonds is 7. The van der Waals surface area contributed by atoms with Gasteiger partial charge in [-0.05, 0) is 30.0 Å². The molecule has 0 aliphatic carbocycles. The summed E-state index contributed by atoms with van der Waals surface area (Å²) < 4.78 is 51.5. The van der Waals surface area contributed by atoms with E-state index in [1.165, 1.54) is 9.78 Å². The minimum absolute atomic E-state index is 0.261. The van der Waals surface area contributed by atoms with Gasteiger partial charge in [0, 0.05) is 60.6 Å².